The SMILES string of the molecule is COc1ccc(S(=O)(=O)N(Cc2ccccc2Cl)c2ccccc2F)cc1. The van der Waals surface area contributed by atoms with Gasteiger partial charge in [0.05, 0.1) is 24.2 Å². The summed E-state index contributed by atoms with van der Waals surface area (Å²) in [5.41, 5.74) is 0.521. The van der Waals surface area contributed by atoms with Crippen LogP contribution in [0.15, 0.2) is 77.7 Å². The molecule has 0 aliphatic carbocycles. The summed E-state index contributed by atoms with van der Waals surface area (Å²) in [5, 5.41) is 0.406. The summed E-state index contributed by atoms with van der Waals surface area (Å²) in [7, 11) is -2.54. The molecular formula is C20H17ClFNO3S. The van der Waals surface area contributed by atoms with E-state index in [9.17, 15) is 12.8 Å². The van der Waals surface area contributed by atoms with Gasteiger partial charge in [-0.25, -0.2) is 12.8 Å². The molecule has 4 nitrogen and oxygen atoms in total. The van der Waals surface area contributed by atoms with Crippen LogP contribution in [0.25, 0.3) is 0 Å². The largest absolute Gasteiger partial charge is 0.497 e. The van der Waals surface area contributed by atoms with Crippen LogP contribution in [0.5, 0.6) is 5.75 Å². The molecule has 3 rings (SSSR count). The zero-order valence-corrected chi connectivity index (χ0v) is 16.0. The summed E-state index contributed by atoms with van der Waals surface area (Å²) in [6.45, 7) is -0.102. The predicted octanol–water partition coefficient (Wildman–Crippen LogP) is 4.88. The maximum Gasteiger partial charge on any atom is 0.264 e. The van der Waals surface area contributed by atoms with Gasteiger partial charge in [0.2, 0.25) is 0 Å². The van der Waals surface area contributed by atoms with E-state index in [0.717, 1.165) is 4.31 Å². The molecule has 3 aromatic carbocycles. The van der Waals surface area contributed by atoms with Crippen molar-refractivity contribution >= 4 is 27.3 Å². The van der Waals surface area contributed by atoms with E-state index in [1.54, 1.807) is 42.5 Å². The van der Waals surface area contributed by atoms with Crippen LogP contribution in [-0.2, 0) is 16.6 Å². The Morgan fingerprint density at radius 1 is 0.963 bits per heavy atom. The van der Waals surface area contributed by atoms with Gasteiger partial charge < -0.3 is 4.74 Å². The number of nitrogens with zero attached hydrogens (tertiary/aromatic N) is 1. The molecule has 3 aromatic rings. The lowest BCUT2D eigenvalue weighted by Gasteiger charge is -2.25. The maximum atomic E-state index is 14.4. The number of halogens is 2. The zero-order chi connectivity index (χ0) is 19.4. The van der Waals surface area contributed by atoms with Crippen LogP contribution in [0.1, 0.15) is 5.56 Å². The van der Waals surface area contributed by atoms with Crippen molar-refractivity contribution in [3.05, 3.63) is 89.2 Å². The first-order chi connectivity index (χ1) is 12.9. The van der Waals surface area contributed by atoms with Crippen LogP contribution >= 0.6 is 11.6 Å². The van der Waals surface area contributed by atoms with Gasteiger partial charge in [-0.3, -0.25) is 4.31 Å². The molecule has 0 bridgehead atoms. The summed E-state index contributed by atoms with van der Waals surface area (Å²) in [6, 6.07) is 18.5. The van der Waals surface area contributed by atoms with Crippen molar-refractivity contribution in [2.24, 2.45) is 0 Å². The number of benzene rings is 3. The Morgan fingerprint density at radius 3 is 2.22 bits per heavy atom. The second-order valence-corrected chi connectivity index (χ2v) is 8.00. The number of hydrogen-bond donors (Lipinski definition) is 0. The average Bonchev–Trinajstić information content (AvgIpc) is 2.68. The van der Waals surface area contributed by atoms with E-state index in [4.69, 9.17) is 16.3 Å². The van der Waals surface area contributed by atoms with E-state index in [-0.39, 0.29) is 17.1 Å². The molecule has 27 heavy (non-hydrogen) atoms. The van der Waals surface area contributed by atoms with Gasteiger partial charge in [-0.2, -0.15) is 0 Å². The maximum absolute atomic E-state index is 14.4. The number of methoxy groups -OCH3 is 1. The summed E-state index contributed by atoms with van der Waals surface area (Å²) in [5.74, 6) is -0.112. The Hall–Kier alpha value is -2.57. The molecule has 0 aliphatic rings. The van der Waals surface area contributed by atoms with Crippen LogP contribution in [0.4, 0.5) is 10.1 Å². The van der Waals surface area contributed by atoms with Crippen LogP contribution in [-0.4, -0.2) is 15.5 Å². The van der Waals surface area contributed by atoms with E-state index in [1.807, 2.05) is 0 Å². The molecule has 7 heteroatoms. The zero-order valence-electron chi connectivity index (χ0n) is 14.5. The first kappa shape index (κ1) is 19.2. The van der Waals surface area contributed by atoms with Crippen molar-refractivity contribution in [1.29, 1.82) is 0 Å². The summed E-state index contributed by atoms with van der Waals surface area (Å²) < 4.78 is 47.1. The number of anilines is 1. The Balaban J connectivity index is 2.11. The van der Waals surface area contributed by atoms with Crippen molar-refractivity contribution in [3.8, 4) is 5.75 Å². The number of para-hydroxylation sites is 1. The van der Waals surface area contributed by atoms with E-state index < -0.39 is 15.8 Å². The first-order valence-electron chi connectivity index (χ1n) is 8.08. The summed E-state index contributed by atoms with van der Waals surface area (Å²) >= 11 is 6.20. The minimum absolute atomic E-state index is 0.0265. The van der Waals surface area contributed by atoms with Crippen molar-refractivity contribution in [2.45, 2.75) is 11.4 Å². The van der Waals surface area contributed by atoms with Gasteiger partial charge in [-0.15, -0.1) is 0 Å². The molecule has 0 amide bonds. The Kier molecular flexibility index (Phi) is 5.68. The number of hydrogen-bond acceptors (Lipinski definition) is 3. The summed E-state index contributed by atoms with van der Waals surface area (Å²) in [4.78, 5) is 0.0265. The van der Waals surface area contributed by atoms with Gasteiger partial charge in [-0.05, 0) is 48.0 Å². The molecule has 0 atom stereocenters. The van der Waals surface area contributed by atoms with E-state index in [0.29, 0.717) is 16.3 Å². The van der Waals surface area contributed by atoms with Crippen LogP contribution in [0.3, 0.4) is 0 Å². The topological polar surface area (TPSA) is 46.6 Å². The van der Waals surface area contributed by atoms with Gasteiger partial charge >= 0.3 is 0 Å². The first-order valence-corrected chi connectivity index (χ1v) is 9.90. The quantitative estimate of drug-likeness (QED) is 0.587. The van der Waals surface area contributed by atoms with Gasteiger partial charge in [0.15, 0.2) is 0 Å². The molecular weight excluding hydrogens is 389 g/mol. The fourth-order valence-electron chi connectivity index (χ4n) is 2.61. The van der Waals surface area contributed by atoms with Crippen molar-refractivity contribution in [3.63, 3.8) is 0 Å². The van der Waals surface area contributed by atoms with Crippen molar-refractivity contribution in [2.75, 3.05) is 11.4 Å². The minimum Gasteiger partial charge on any atom is -0.497 e. The number of ether oxygens (including phenoxy) is 1. The standard InChI is InChI=1S/C20H17ClFNO3S/c1-26-16-10-12-17(13-11-16)27(24,25)23(20-9-5-4-8-19(20)22)14-15-6-2-3-7-18(15)21/h2-13H,14H2,1H3. The Labute approximate surface area is 162 Å². The molecule has 0 aromatic heterocycles. The molecule has 0 unspecified atom stereocenters. The lowest BCUT2D eigenvalue weighted by molar-refractivity contribution is 0.414. The van der Waals surface area contributed by atoms with Gasteiger partial charge in [0.1, 0.15) is 11.6 Å². The van der Waals surface area contributed by atoms with E-state index >= 15 is 0 Å². The number of rotatable bonds is 6. The molecule has 0 heterocycles. The molecule has 0 saturated heterocycles. The van der Waals surface area contributed by atoms with Gasteiger partial charge in [0.25, 0.3) is 10.0 Å². The predicted molar refractivity (Wildman–Crippen MR) is 104 cm³/mol. The molecule has 0 aliphatic heterocycles. The summed E-state index contributed by atoms with van der Waals surface area (Å²) in [6.07, 6.45) is 0. The third-order valence-corrected chi connectivity index (χ3v) is 6.18. The highest BCUT2D eigenvalue weighted by Crippen LogP contribution is 2.30. The fourth-order valence-corrected chi connectivity index (χ4v) is 4.26. The Bertz CT molecular complexity index is 1040. The lowest BCUT2D eigenvalue weighted by Crippen LogP contribution is -2.31. The second kappa shape index (κ2) is 7.98. The average molecular weight is 406 g/mol. The van der Waals surface area contributed by atoms with E-state index in [2.05, 4.69) is 0 Å². The van der Waals surface area contributed by atoms with Crippen LogP contribution in [0, 0.1) is 5.82 Å². The van der Waals surface area contributed by atoms with Crippen LogP contribution in [0.2, 0.25) is 5.02 Å². The van der Waals surface area contributed by atoms with Gasteiger partial charge in [-0.1, -0.05) is 41.9 Å². The third kappa shape index (κ3) is 4.07. The normalized spacial score (nSPS) is 11.2. The monoisotopic (exact) mass is 405 g/mol. The van der Waals surface area contributed by atoms with Crippen molar-refractivity contribution < 1.29 is 17.5 Å². The third-order valence-electron chi connectivity index (χ3n) is 4.04. The fraction of sp³-hybridized carbons (Fsp3) is 0.100. The van der Waals surface area contributed by atoms with Crippen molar-refractivity contribution in [1.82, 2.24) is 0 Å². The minimum atomic E-state index is -4.04. The molecule has 0 spiro atoms. The molecule has 0 N–H and O–H groups in total. The van der Waals surface area contributed by atoms with Crippen LogP contribution < -0.4 is 9.04 Å². The Morgan fingerprint density at radius 2 is 1.59 bits per heavy atom. The highest BCUT2D eigenvalue weighted by Gasteiger charge is 2.27. The van der Waals surface area contributed by atoms with E-state index in [1.165, 1.54) is 37.4 Å². The molecule has 0 fully saturated rings. The number of sulfonamides is 1. The lowest BCUT2D eigenvalue weighted by atomic mass is 10.2. The molecule has 0 radical (unpaired) electrons. The molecule has 140 valence electrons. The highest BCUT2D eigenvalue weighted by molar-refractivity contribution is 7.92. The second-order valence-electron chi connectivity index (χ2n) is 5.73. The van der Waals surface area contributed by atoms with Gasteiger partial charge in [0, 0.05) is 5.02 Å². The molecule has 0 saturated carbocycles. The highest BCUT2D eigenvalue weighted by atomic mass is 35.5. The smallest absolute Gasteiger partial charge is 0.264 e.